The minimum Gasteiger partial charge on any atom is -0.298 e. The van der Waals surface area contributed by atoms with Crippen LogP contribution in [0.25, 0.3) is 11.3 Å². The van der Waals surface area contributed by atoms with Crippen LogP contribution >= 0.6 is 33.9 Å². The maximum atomic E-state index is 13.6. The largest absolute Gasteiger partial charge is 0.298 e. The van der Waals surface area contributed by atoms with Gasteiger partial charge in [-0.05, 0) is 46.9 Å². The fraction of sp³-hybridized carbons (Fsp3) is 0. The van der Waals surface area contributed by atoms with Gasteiger partial charge in [-0.3, -0.25) is 10.1 Å². The van der Waals surface area contributed by atoms with Gasteiger partial charge < -0.3 is 0 Å². The maximum absolute atomic E-state index is 13.6. The lowest BCUT2D eigenvalue weighted by molar-refractivity contribution is 0.101. The zero-order valence-corrected chi connectivity index (χ0v) is 14.5. The molecule has 23 heavy (non-hydrogen) atoms. The molecule has 2 aromatic carbocycles. The van der Waals surface area contributed by atoms with E-state index in [2.05, 4.69) is 32.9 Å². The molecule has 7 heteroatoms. The minimum atomic E-state index is -0.906. The lowest BCUT2D eigenvalue weighted by Crippen LogP contribution is -2.15. The molecule has 0 aliphatic carbocycles. The van der Waals surface area contributed by atoms with E-state index in [1.54, 1.807) is 5.38 Å². The van der Waals surface area contributed by atoms with Crippen LogP contribution in [0.15, 0.2) is 47.8 Å². The van der Waals surface area contributed by atoms with Crippen molar-refractivity contribution in [3.05, 3.63) is 68.6 Å². The Balaban J connectivity index is 1.82. The van der Waals surface area contributed by atoms with Crippen molar-refractivity contribution in [3.8, 4) is 11.3 Å². The first-order valence-electron chi connectivity index (χ1n) is 6.51. The molecule has 0 atom stereocenters. The summed E-state index contributed by atoms with van der Waals surface area (Å²) in [5, 5.41) is 4.49. The molecule has 0 fully saturated rings. The number of halogens is 3. The summed E-state index contributed by atoms with van der Waals surface area (Å²) in [5.41, 5.74) is 0.980. The van der Waals surface area contributed by atoms with Crippen molar-refractivity contribution < 1.29 is 13.6 Å². The Morgan fingerprint density at radius 3 is 2.39 bits per heavy atom. The Hall–Kier alpha value is -1.87. The van der Waals surface area contributed by atoms with E-state index in [4.69, 9.17) is 0 Å². The number of nitrogens with one attached hydrogen (secondary N) is 1. The number of hydrogen-bond donors (Lipinski definition) is 1. The van der Waals surface area contributed by atoms with Gasteiger partial charge in [-0.2, -0.15) is 0 Å². The smallest absolute Gasteiger partial charge is 0.263 e. The van der Waals surface area contributed by atoms with E-state index in [9.17, 15) is 13.6 Å². The predicted molar refractivity (Wildman–Crippen MR) is 94.6 cm³/mol. The summed E-state index contributed by atoms with van der Waals surface area (Å²) in [6, 6.07) is 11.0. The van der Waals surface area contributed by atoms with Gasteiger partial charge in [0.05, 0.1) is 5.69 Å². The Morgan fingerprint density at radius 1 is 1.09 bits per heavy atom. The molecule has 116 valence electrons. The average molecular weight is 442 g/mol. The Morgan fingerprint density at radius 2 is 1.74 bits per heavy atom. The van der Waals surface area contributed by atoms with E-state index in [1.165, 1.54) is 17.4 Å². The van der Waals surface area contributed by atoms with Gasteiger partial charge in [-0.25, -0.2) is 13.8 Å². The highest BCUT2D eigenvalue weighted by atomic mass is 127. The first-order chi connectivity index (χ1) is 11.0. The van der Waals surface area contributed by atoms with Crippen LogP contribution in [0.5, 0.6) is 0 Å². The number of anilines is 1. The number of carbonyl (C=O) groups excluding carboxylic acids is 1. The fourth-order valence-corrected chi connectivity index (χ4v) is 3.03. The monoisotopic (exact) mass is 442 g/mol. The van der Waals surface area contributed by atoms with Gasteiger partial charge in [0.15, 0.2) is 5.13 Å². The third-order valence-electron chi connectivity index (χ3n) is 3.05. The van der Waals surface area contributed by atoms with Crippen LogP contribution in [0.2, 0.25) is 0 Å². The van der Waals surface area contributed by atoms with Crippen LogP contribution in [0.4, 0.5) is 13.9 Å². The van der Waals surface area contributed by atoms with Crippen LogP contribution in [0.3, 0.4) is 0 Å². The predicted octanol–water partition coefficient (Wildman–Crippen LogP) is 4.95. The van der Waals surface area contributed by atoms with Crippen molar-refractivity contribution in [2.75, 3.05) is 5.32 Å². The van der Waals surface area contributed by atoms with Crippen molar-refractivity contribution in [1.82, 2.24) is 4.98 Å². The third-order valence-corrected chi connectivity index (χ3v) is 4.53. The lowest BCUT2D eigenvalue weighted by atomic mass is 10.2. The second-order valence-electron chi connectivity index (χ2n) is 4.60. The summed E-state index contributed by atoms with van der Waals surface area (Å²) >= 11 is 3.40. The second-order valence-corrected chi connectivity index (χ2v) is 6.70. The van der Waals surface area contributed by atoms with Crippen LogP contribution in [-0.2, 0) is 0 Å². The number of hydrogen-bond acceptors (Lipinski definition) is 3. The van der Waals surface area contributed by atoms with Crippen LogP contribution in [0.1, 0.15) is 10.4 Å². The summed E-state index contributed by atoms with van der Waals surface area (Å²) < 4.78 is 28.3. The highest BCUT2D eigenvalue weighted by Crippen LogP contribution is 2.26. The van der Waals surface area contributed by atoms with E-state index in [0.717, 1.165) is 21.3 Å². The van der Waals surface area contributed by atoms with Gasteiger partial charge in [-0.15, -0.1) is 11.3 Å². The zero-order chi connectivity index (χ0) is 16.4. The van der Waals surface area contributed by atoms with Crippen molar-refractivity contribution in [3.63, 3.8) is 0 Å². The summed E-state index contributed by atoms with van der Waals surface area (Å²) in [5.74, 6) is -2.67. The Kier molecular flexibility index (Phi) is 4.67. The quantitative estimate of drug-likeness (QED) is 0.584. The van der Waals surface area contributed by atoms with Gasteiger partial charge in [0.1, 0.15) is 17.2 Å². The normalized spacial score (nSPS) is 10.6. The molecule has 0 aliphatic heterocycles. The van der Waals surface area contributed by atoms with Crippen LogP contribution < -0.4 is 5.32 Å². The van der Waals surface area contributed by atoms with Crippen molar-refractivity contribution in [2.24, 2.45) is 0 Å². The first kappa shape index (κ1) is 16.0. The van der Waals surface area contributed by atoms with E-state index in [0.29, 0.717) is 5.69 Å². The van der Waals surface area contributed by atoms with Crippen molar-refractivity contribution in [2.45, 2.75) is 0 Å². The summed E-state index contributed by atoms with van der Waals surface area (Å²) in [6.45, 7) is 0. The number of thiazole rings is 1. The second kappa shape index (κ2) is 6.71. The van der Waals surface area contributed by atoms with E-state index >= 15 is 0 Å². The molecule has 1 amide bonds. The molecule has 0 unspecified atom stereocenters. The lowest BCUT2D eigenvalue weighted by Gasteiger charge is -2.04. The van der Waals surface area contributed by atoms with Crippen LogP contribution in [0, 0.1) is 15.2 Å². The molecule has 0 aliphatic rings. The molecule has 0 saturated heterocycles. The van der Waals surface area contributed by atoms with E-state index < -0.39 is 23.1 Å². The number of aromatic nitrogens is 1. The Bertz CT molecular complexity index is 845. The molecule has 0 saturated carbocycles. The number of amides is 1. The van der Waals surface area contributed by atoms with Gasteiger partial charge in [-0.1, -0.05) is 18.2 Å². The Labute approximate surface area is 148 Å². The van der Waals surface area contributed by atoms with E-state index in [-0.39, 0.29) is 5.13 Å². The molecular formula is C16H9F2IN2OS. The number of nitrogens with zero attached hydrogens (tertiary/aromatic N) is 1. The molecule has 3 aromatic rings. The summed E-state index contributed by atoms with van der Waals surface area (Å²) in [7, 11) is 0. The standard InChI is InChI=1S/C16H9F2IN2OS/c17-11-2-1-3-12(18)14(11)15(22)21-16-20-13(8-23-16)9-4-6-10(19)7-5-9/h1-8H,(H,20,21,22). The molecule has 1 N–H and O–H groups in total. The first-order valence-corrected chi connectivity index (χ1v) is 8.47. The highest BCUT2D eigenvalue weighted by Gasteiger charge is 2.18. The van der Waals surface area contributed by atoms with E-state index in [1.807, 2.05) is 24.3 Å². The SMILES string of the molecule is O=C(Nc1nc(-c2ccc(I)cc2)cs1)c1c(F)cccc1F. The molecule has 0 spiro atoms. The topological polar surface area (TPSA) is 42.0 Å². The highest BCUT2D eigenvalue weighted by molar-refractivity contribution is 14.1. The molecule has 0 radical (unpaired) electrons. The molecule has 1 heterocycles. The molecular weight excluding hydrogens is 433 g/mol. The minimum absolute atomic E-state index is 0.284. The molecule has 3 rings (SSSR count). The number of carbonyl (C=O) groups is 1. The number of benzene rings is 2. The van der Waals surface area contributed by atoms with Gasteiger partial charge in [0.2, 0.25) is 0 Å². The fourth-order valence-electron chi connectivity index (χ4n) is 1.96. The van der Waals surface area contributed by atoms with Gasteiger partial charge in [0.25, 0.3) is 5.91 Å². The number of rotatable bonds is 3. The summed E-state index contributed by atoms with van der Waals surface area (Å²) in [4.78, 5) is 16.3. The average Bonchev–Trinajstić information content (AvgIpc) is 2.96. The van der Waals surface area contributed by atoms with Gasteiger partial charge >= 0.3 is 0 Å². The van der Waals surface area contributed by atoms with Crippen molar-refractivity contribution >= 4 is 45.0 Å². The van der Waals surface area contributed by atoms with Crippen molar-refractivity contribution in [1.29, 1.82) is 0 Å². The third kappa shape index (κ3) is 3.56. The van der Waals surface area contributed by atoms with Crippen LogP contribution in [-0.4, -0.2) is 10.9 Å². The molecule has 1 aromatic heterocycles. The van der Waals surface area contributed by atoms with Gasteiger partial charge in [0, 0.05) is 14.5 Å². The zero-order valence-electron chi connectivity index (χ0n) is 11.5. The molecule has 0 bridgehead atoms. The molecule has 3 nitrogen and oxygen atoms in total. The summed E-state index contributed by atoms with van der Waals surface area (Å²) in [6.07, 6.45) is 0. The maximum Gasteiger partial charge on any atom is 0.263 e.